The molecule has 1 aromatic rings. The first kappa shape index (κ1) is 25.7. The first-order chi connectivity index (χ1) is 14.5. The number of hydrogen-bond donors (Lipinski definition) is 2. The highest BCUT2D eigenvalue weighted by molar-refractivity contribution is 14.0. The molecule has 0 bridgehead atoms. The molecule has 10 nitrogen and oxygen atoms in total. The molecule has 3 heterocycles. The summed E-state index contributed by atoms with van der Waals surface area (Å²) in [7, 11) is -1.85. The van der Waals surface area contributed by atoms with E-state index in [0.29, 0.717) is 13.1 Å². The summed E-state index contributed by atoms with van der Waals surface area (Å²) in [6.45, 7) is 6.06. The van der Waals surface area contributed by atoms with Crippen molar-refractivity contribution in [1.82, 2.24) is 29.7 Å². The third kappa shape index (κ3) is 7.54. The summed E-state index contributed by atoms with van der Waals surface area (Å²) < 4.78 is 27.0. The average Bonchev–Trinajstić information content (AvgIpc) is 3.30. The molecular weight excluding hydrogens is 533 g/mol. The van der Waals surface area contributed by atoms with Crippen LogP contribution in [0, 0.1) is 0 Å². The molecule has 2 N–H and O–H groups in total. The van der Waals surface area contributed by atoms with E-state index in [9.17, 15) is 13.2 Å². The Morgan fingerprint density at radius 2 is 1.81 bits per heavy atom. The Morgan fingerprint density at radius 3 is 2.42 bits per heavy atom. The van der Waals surface area contributed by atoms with Gasteiger partial charge in [0.15, 0.2) is 5.96 Å². The van der Waals surface area contributed by atoms with E-state index in [1.165, 1.54) is 18.5 Å². The van der Waals surface area contributed by atoms with Crippen molar-refractivity contribution in [3.05, 3.63) is 24.5 Å². The van der Waals surface area contributed by atoms with Crippen molar-refractivity contribution in [3.8, 4) is 0 Å². The van der Waals surface area contributed by atoms with Gasteiger partial charge in [-0.3, -0.25) is 19.7 Å². The molecule has 0 aliphatic carbocycles. The van der Waals surface area contributed by atoms with E-state index in [0.717, 1.165) is 58.1 Å². The lowest BCUT2D eigenvalue weighted by Crippen LogP contribution is -2.54. The van der Waals surface area contributed by atoms with Crippen molar-refractivity contribution in [3.63, 3.8) is 0 Å². The molecule has 0 unspecified atom stereocenters. The molecule has 0 aromatic carbocycles. The molecule has 0 radical (unpaired) electrons. The normalized spacial score (nSPS) is 18.0. The molecular formula is C19H32IN7O3S. The first-order valence-corrected chi connectivity index (χ1v) is 11.8. The van der Waals surface area contributed by atoms with Gasteiger partial charge in [-0.15, -0.1) is 24.0 Å². The van der Waals surface area contributed by atoms with Crippen molar-refractivity contribution >= 4 is 45.9 Å². The fourth-order valence-corrected chi connectivity index (χ4v) is 4.65. The maximum absolute atomic E-state index is 12.3. The van der Waals surface area contributed by atoms with Crippen LogP contribution in [-0.4, -0.2) is 106 Å². The van der Waals surface area contributed by atoms with E-state index in [4.69, 9.17) is 0 Å². The third-order valence-electron chi connectivity index (χ3n) is 5.35. The van der Waals surface area contributed by atoms with Gasteiger partial charge in [-0.05, 0) is 25.0 Å². The van der Waals surface area contributed by atoms with Gasteiger partial charge in [-0.25, -0.2) is 13.1 Å². The lowest BCUT2D eigenvalue weighted by molar-refractivity contribution is -0.131. The number of nitrogens with one attached hydrogen (secondary N) is 2. The van der Waals surface area contributed by atoms with Crippen LogP contribution in [0.2, 0.25) is 0 Å². The van der Waals surface area contributed by atoms with Crippen molar-refractivity contribution in [2.24, 2.45) is 4.99 Å². The summed E-state index contributed by atoms with van der Waals surface area (Å²) in [6, 6.07) is 3.10. The van der Waals surface area contributed by atoms with Gasteiger partial charge >= 0.3 is 0 Å². The number of hydrogen-bond acceptors (Lipinski definition) is 6. The molecule has 2 aliphatic rings. The summed E-state index contributed by atoms with van der Waals surface area (Å²) in [4.78, 5) is 26.9. The van der Waals surface area contributed by atoms with E-state index in [1.54, 1.807) is 13.1 Å². The molecule has 1 aromatic heterocycles. The largest absolute Gasteiger partial charge is 0.355 e. The fraction of sp³-hybridized carbons (Fsp3) is 0.632. The number of carbonyl (C=O) groups excluding carboxylic acids is 1. The average molecular weight is 565 g/mol. The Labute approximate surface area is 201 Å². The predicted molar refractivity (Wildman–Crippen MR) is 130 cm³/mol. The minimum Gasteiger partial charge on any atom is -0.355 e. The molecule has 0 atom stereocenters. The second kappa shape index (κ2) is 12.5. The zero-order valence-corrected chi connectivity index (χ0v) is 21.0. The quantitative estimate of drug-likeness (QED) is 0.204. The fourth-order valence-electron chi connectivity index (χ4n) is 3.66. The van der Waals surface area contributed by atoms with Crippen LogP contribution >= 0.6 is 24.0 Å². The molecule has 0 spiro atoms. The molecule has 3 rings (SSSR count). The number of rotatable bonds is 7. The predicted octanol–water partition coefficient (Wildman–Crippen LogP) is -0.207. The summed E-state index contributed by atoms with van der Waals surface area (Å²) in [5, 5.41) is 3.20. The van der Waals surface area contributed by atoms with Crippen LogP contribution in [0.5, 0.6) is 0 Å². The molecule has 31 heavy (non-hydrogen) atoms. The van der Waals surface area contributed by atoms with Crippen LogP contribution in [0.25, 0.3) is 0 Å². The van der Waals surface area contributed by atoms with Crippen LogP contribution in [0.1, 0.15) is 12.8 Å². The Hall–Kier alpha value is -1.51. The number of piperazine rings is 1. The van der Waals surface area contributed by atoms with Crippen LogP contribution in [0.3, 0.4) is 0 Å². The number of aromatic nitrogens is 1. The highest BCUT2D eigenvalue weighted by Gasteiger charge is 2.24. The number of nitrogens with zero attached hydrogens (tertiary/aromatic N) is 5. The Morgan fingerprint density at radius 1 is 1.10 bits per heavy atom. The lowest BCUT2D eigenvalue weighted by Gasteiger charge is -2.36. The van der Waals surface area contributed by atoms with Gasteiger partial charge < -0.3 is 15.1 Å². The monoisotopic (exact) mass is 565 g/mol. The van der Waals surface area contributed by atoms with Gasteiger partial charge in [-0.2, -0.15) is 0 Å². The molecule has 1 amide bonds. The maximum Gasteiger partial charge on any atom is 0.242 e. The molecule has 2 saturated heterocycles. The van der Waals surface area contributed by atoms with Crippen molar-refractivity contribution in [2.45, 2.75) is 17.7 Å². The second-order valence-electron chi connectivity index (χ2n) is 7.41. The summed E-state index contributed by atoms with van der Waals surface area (Å²) in [6.07, 6.45) is 5.08. The van der Waals surface area contributed by atoms with Gasteiger partial charge in [0, 0.05) is 71.8 Å². The van der Waals surface area contributed by atoms with Crippen LogP contribution in [0.15, 0.2) is 34.4 Å². The van der Waals surface area contributed by atoms with E-state index >= 15 is 0 Å². The van der Waals surface area contributed by atoms with E-state index in [-0.39, 0.29) is 41.3 Å². The summed E-state index contributed by atoms with van der Waals surface area (Å²) >= 11 is 0. The topological polar surface area (TPSA) is 110 Å². The number of aliphatic imine (C=N–C) groups is 1. The zero-order chi connectivity index (χ0) is 21.4. The number of likely N-dealkylation sites (tertiary alicyclic amines) is 1. The Bertz CT molecular complexity index is 824. The number of carbonyl (C=O) groups is 1. The van der Waals surface area contributed by atoms with E-state index in [1.807, 2.05) is 4.90 Å². The minimum absolute atomic E-state index is 0. The smallest absolute Gasteiger partial charge is 0.242 e. The van der Waals surface area contributed by atoms with Crippen molar-refractivity contribution < 1.29 is 13.2 Å². The number of halogens is 1. The molecule has 174 valence electrons. The minimum atomic E-state index is -3.56. The number of guanidine groups is 1. The van der Waals surface area contributed by atoms with Crippen LogP contribution in [-0.2, 0) is 14.8 Å². The Balaban J connectivity index is 0.00000341. The third-order valence-corrected chi connectivity index (χ3v) is 6.79. The summed E-state index contributed by atoms with van der Waals surface area (Å²) in [5.41, 5.74) is 0. The van der Waals surface area contributed by atoms with Crippen LogP contribution in [0.4, 0.5) is 0 Å². The SMILES string of the molecule is CN=C(NCCNS(=O)(=O)c1cccnc1)N1CCN(CC(=O)N2CCCC2)CC1.I. The molecule has 12 heteroatoms. The molecule has 0 saturated carbocycles. The van der Waals surface area contributed by atoms with Crippen molar-refractivity contribution in [1.29, 1.82) is 0 Å². The van der Waals surface area contributed by atoms with Gasteiger partial charge in [-0.1, -0.05) is 0 Å². The molecule has 2 fully saturated rings. The number of pyridine rings is 1. The standard InChI is InChI=1S/C19H31N7O3S.HI/c1-20-19(22-7-8-23-30(28,29)17-5-4-6-21-15-17)26-13-11-24(12-14-26)16-18(27)25-9-2-3-10-25;/h4-6,15,23H,2-3,7-14,16H2,1H3,(H,20,22);1H. The second-order valence-corrected chi connectivity index (χ2v) is 9.18. The van der Waals surface area contributed by atoms with Crippen LogP contribution < -0.4 is 10.0 Å². The van der Waals surface area contributed by atoms with E-state index in [2.05, 4.69) is 29.8 Å². The maximum atomic E-state index is 12.3. The highest BCUT2D eigenvalue weighted by Crippen LogP contribution is 2.09. The van der Waals surface area contributed by atoms with Crippen molar-refractivity contribution in [2.75, 3.05) is 66.0 Å². The van der Waals surface area contributed by atoms with Gasteiger partial charge in [0.05, 0.1) is 6.54 Å². The van der Waals surface area contributed by atoms with Gasteiger partial charge in [0.25, 0.3) is 0 Å². The van der Waals surface area contributed by atoms with Gasteiger partial charge in [0.2, 0.25) is 15.9 Å². The highest BCUT2D eigenvalue weighted by atomic mass is 127. The number of sulfonamides is 1. The Kier molecular flexibility index (Phi) is 10.4. The summed E-state index contributed by atoms with van der Waals surface area (Å²) in [5.74, 6) is 0.963. The number of amides is 1. The van der Waals surface area contributed by atoms with E-state index < -0.39 is 10.0 Å². The first-order valence-electron chi connectivity index (χ1n) is 10.3. The zero-order valence-electron chi connectivity index (χ0n) is 17.9. The lowest BCUT2D eigenvalue weighted by atomic mass is 10.3. The molecule has 2 aliphatic heterocycles. The van der Waals surface area contributed by atoms with Gasteiger partial charge in [0.1, 0.15) is 4.90 Å².